The molecule has 0 spiro atoms. The Hall–Kier alpha value is -0.830. The molecule has 0 heterocycles. The first-order chi connectivity index (χ1) is 5.56. The van der Waals surface area contributed by atoms with Gasteiger partial charge in [-0.15, -0.1) is 0 Å². The first-order valence-corrected chi connectivity index (χ1v) is 3.66. The van der Waals surface area contributed by atoms with Crippen LogP contribution in [-0.4, -0.2) is 18.8 Å². The fourth-order valence-corrected chi connectivity index (χ4v) is 0.739. The summed E-state index contributed by atoms with van der Waals surface area (Å²) in [4.78, 5) is 12.7. The van der Waals surface area contributed by atoms with Crippen molar-refractivity contribution in [2.24, 2.45) is 4.99 Å². The number of rotatable bonds is 5. The Morgan fingerprint density at radius 2 is 1.83 bits per heavy atom. The van der Waals surface area contributed by atoms with Gasteiger partial charge in [-0.3, -0.25) is 0 Å². The van der Waals surface area contributed by atoms with Gasteiger partial charge in [0, 0.05) is 6.42 Å². The van der Waals surface area contributed by atoms with Crippen molar-refractivity contribution in [3.8, 4) is 0 Å². The van der Waals surface area contributed by atoms with Gasteiger partial charge >= 0.3 is 6.18 Å². The van der Waals surface area contributed by atoms with E-state index in [-0.39, 0.29) is 13.0 Å². The van der Waals surface area contributed by atoms with Crippen LogP contribution in [-0.2, 0) is 4.79 Å². The van der Waals surface area contributed by atoms with Gasteiger partial charge in [0.25, 0.3) is 0 Å². The summed E-state index contributed by atoms with van der Waals surface area (Å²) in [5.74, 6) is 0. The number of hydrogen-bond acceptors (Lipinski definition) is 2. The molecule has 12 heavy (non-hydrogen) atoms. The molecule has 0 aliphatic rings. The summed E-state index contributed by atoms with van der Waals surface area (Å²) in [6.07, 6.45) is -2.41. The van der Waals surface area contributed by atoms with Crippen LogP contribution in [0.4, 0.5) is 13.2 Å². The number of alkyl halides is 3. The van der Waals surface area contributed by atoms with Gasteiger partial charge in [0.15, 0.2) is 0 Å². The van der Waals surface area contributed by atoms with Gasteiger partial charge < -0.3 is 0 Å². The fourth-order valence-electron chi connectivity index (χ4n) is 0.739. The largest absolute Gasteiger partial charge is 0.389 e. The molecular weight excluding hydrogens is 171 g/mol. The first kappa shape index (κ1) is 11.2. The van der Waals surface area contributed by atoms with Crippen LogP contribution in [0.2, 0.25) is 0 Å². The maximum Gasteiger partial charge on any atom is 0.389 e. The molecule has 2 nitrogen and oxygen atoms in total. The Kier molecular flexibility index (Phi) is 5.37. The van der Waals surface area contributed by atoms with E-state index in [9.17, 15) is 18.0 Å². The van der Waals surface area contributed by atoms with Crippen LogP contribution in [0.1, 0.15) is 25.7 Å². The normalized spacial score (nSPS) is 10.9. The molecule has 0 unspecified atom stereocenters. The maximum absolute atomic E-state index is 11.5. The minimum atomic E-state index is -4.06. The zero-order valence-corrected chi connectivity index (χ0v) is 6.52. The monoisotopic (exact) mass is 181 g/mol. The highest BCUT2D eigenvalue weighted by Gasteiger charge is 2.25. The van der Waals surface area contributed by atoms with Crippen LogP contribution in [0.15, 0.2) is 4.99 Å². The lowest BCUT2D eigenvalue weighted by atomic mass is 10.2. The summed E-state index contributed by atoms with van der Waals surface area (Å²) in [5, 5.41) is 0. The van der Waals surface area contributed by atoms with Gasteiger partial charge in [-0.25, -0.2) is 9.79 Å². The Morgan fingerprint density at radius 3 is 2.33 bits per heavy atom. The molecule has 5 heteroatoms. The molecule has 0 radical (unpaired) electrons. The van der Waals surface area contributed by atoms with Gasteiger partial charge in [0.1, 0.15) is 0 Å². The lowest BCUT2D eigenvalue weighted by Crippen LogP contribution is -2.06. The van der Waals surface area contributed by atoms with Crippen molar-refractivity contribution >= 4 is 6.08 Å². The summed E-state index contributed by atoms with van der Waals surface area (Å²) in [6, 6.07) is 0. The summed E-state index contributed by atoms with van der Waals surface area (Å²) in [6.45, 7) is 0.279. The lowest BCUT2D eigenvalue weighted by Gasteiger charge is -2.03. The first-order valence-electron chi connectivity index (χ1n) is 3.66. The summed E-state index contributed by atoms with van der Waals surface area (Å²) in [5.41, 5.74) is 0. The molecule has 0 saturated heterocycles. The van der Waals surface area contributed by atoms with Crippen molar-refractivity contribution in [2.45, 2.75) is 31.9 Å². The number of nitrogens with zero attached hydrogens (tertiary/aromatic N) is 1. The highest BCUT2D eigenvalue weighted by atomic mass is 19.4. The van der Waals surface area contributed by atoms with E-state index in [1.165, 1.54) is 6.08 Å². The summed E-state index contributed by atoms with van der Waals surface area (Å²) < 4.78 is 34.6. The van der Waals surface area contributed by atoms with Crippen LogP contribution in [0.3, 0.4) is 0 Å². The SMILES string of the molecule is O=C=NCCCCCC(F)(F)F. The molecular formula is C7H10F3NO. The number of carbonyl (C=O) groups excluding carboxylic acids is 1. The zero-order valence-electron chi connectivity index (χ0n) is 6.52. The van der Waals surface area contributed by atoms with Gasteiger partial charge in [-0.1, -0.05) is 6.42 Å². The minimum Gasteiger partial charge on any atom is -0.211 e. The van der Waals surface area contributed by atoms with Crippen molar-refractivity contribution < 1.29 is 18.0 Å². The van der Waals surface area contributed by atoms with Gasteiger partial charge in [0.2, 0.25) is 6.08 Å². The van der Waals surface area contributed by atoms with Crippen LogP contribution >= 0.6 is 0 Å². The number of aliphatic imine (C=N–C) groups is 1. The Balaban J connectivity index is 3.16. The van der Waals surface area contributed by atoms with Crippen molar-refractivity contribution in [3.05, 3.63) is 0 Å². The van der Waals surface area contributed by atoms with Crippen molar-refractivity contribution in [2.75, 3.05) is 6.54 Å². The highest BCUT2D eigenvalue weighted by molar-refractivity contribution is 5.32. The summed E-state index contributed by atoms with van der Waals surface area (Å²) in [7, 11) is 0. The molecule has 0 aromatic rings. The summed E-state index contributed by atoms with van der Waals surface area (Å²) >= 11 is 0. The van der Waals surface area contributed by atoms with Gasteiger partial charge in [-0.05, 0) is 12.8 Å². The highest BCUT2D eigenvalue weighted by Crippen LogP contribution is 2.22. The molecule has 70 valence electrons. The molecule has 0 aromatic carbocycles. The predicted octanol–water partition coefficient (Wildman–Crippen LogP) is 2.44. The van der Waals surface area contributed by atoms with Gasteiger partial charge in [-0.2, -0.15) is 13.2 Å². The van der Waals surface area contributed by atoms with E-state index < -0.39 is 12.6 Å². The van der Waals surface area contributed by atoms with E-state index >= 15 is 0 Å². The quantitative estimate of drug-likeness (QED) is 0.364. The average Bonchev–Trinajstić information content (AvgIpc) is 1.94. The molecule has 0 N–H and O–H groups in total. The third kappa shape index (κ3) is 9.17. The molecule has 0 amide bonds. The van der Waals surface area contributed by atoms with Crippen LogP contribution in [0.25, 0.3) is 0 Å². The topological polar surface area (TPSA) is 29.4 Å². The Labute approximate surface area is 68.5 Å². The van der Waals surface area contributed by atoms with E-state index in [1.54, 1.807) is 0 Å². The third-order valence-corrected chi connectivity index (χ3v) is 1.29. The number of isocyanates is 1. The van der Waals surface area contributed by atoms with E-state index in [2.05, 4.69) is 4.99 Å². The van der Waals surface area contributed by atoms with Crippen LogP contribution in [0.5, 0.6) is 0 Å². The Morgan fingerprint density at radius 1 is 1.17 bits per heavy atom. The van der Waals surface area contributed by atoms with Crippen molar-refractivity contribution in [1.29, 1.82) is 0 Å². The Bertz CT molecular complexity index is 161. The zero-order chi connectivity index (χ0) is 9.45. The second-order valence-corrected chi connectivity index (χ2v) is 2.40. The third-order valence-electron chi connectivity index (χ3n) is 1.29. The molecule has 0 fully saturated rings. The van der Waals surface area contributed by atoms with Crippen molar-refractivity contribution in [3.63, 3.8) is 0 Å². The van der Waals surface area contributed by atoms with E-state index in [1.807, 2.05) is 0 Å². The lowest BCUT2D eigenvalue weighted by molar-refractivity contribution is -0.135. The molecule has 0 aliphatic carbocycles. The number of halogens is 3. The predicted molar refractivity (Wildman–Crippen MR) is 37.5 cm³/mol. The standard InChI is InChI=1S/C7H10F3NO/c8-7(9,10)4-2-1-3-5-11-6-12/h1-5H2. The number of hydrogen-bond donors (Lipinski definition) is 0. The molecule has 0 saturated carbocycles. The number of unbranched alkanes of at least 4 members (excludes halogenated alkanes) is 2. The van der Waals surface area contributed by atoms with E-state index in [4.69, 9.17) is 0 Å². The molecule has 0 aromatic heterocycles. The van der Waals surface area contributed by atoms with E-state index in [0.29, 0.717) is 12.8 Å². The van der Waals surface area contributed by atoms with Gasteiger partial charge in [0.05, 0.1) is 6.54 Å². The van der Waals surface area contributed by atoms with E-state index in [0.717, 1.165) is 0 Å². The minimum absolute atomic E-state index is 0.109. The fraction of sp³-hybridized carbons (Fsp3) is 0.857. The molecule has 0 atom stereocenters. The molecule has 0 aliphatic heterocycles. The molecule has 0 bridgehead atoms. The maximum atomic E-state index is 11.5. The molecule has 0 rings (SSSR count). The second-order valence-electron chi connectivity index (χ2n) is 2.40. The average molecular weight is 181 g/mol. The van der Waals surface area contributed by atoms with Crippen molar-refractivity contribution in [1.82, 2.24) is 0 Å². The smallest absolute Gasteiger partial charge is 0.211 e. The van der Waals surface area contributed by atoms with Crippen LogP contribution < -0.4 is 0 Å². The van der Waals surface area contributed by atoms with Crippen LogP contribution in [0, 0.1) is 0 Å². The second kappa shape index (κ2) is 5.77.